The summed E-state index contributed by atoms with van der Waals surface area (Å²) >= 11 is 5.26. The number of hydrogen-bond acceptors (Lipinski definition) is 6. The van der Waals surface area contributed by atoms with Crippen LogP contribution < -0.4 is 21.8 Å². The Morgan fingerprint density at radius 1 is 1.06 bits per heavy atom. The van der Waals surface area contributed by atoms with Gasteiger partial charge in [0, 0.05) is 40.9 Å². The van der Waals surface area contributed by atoms with Gasteiger partial charge >= 0.3 is 5.97 Å². The highest BCUT2D eigenvalue weighted by molar-refractivity contribution is 7.80. The molecule has 0 bridgehead atoms. The number of nitrogens with two attached hydrogens (primary N) is 1. The number of phenolic OH excluding ortho intramolecular Hbond substituents is 1. The van der Waals surface area contributed by atoms with E-state index in [0.717, 1.165) is 6.42 Å². The van der Waals surface area contributed by atoms with Gasteiger partial charge in [-0.1, -0.05) is 6.07 Å². The average Bonchev–Trinajstić information content (AvgIpc) is 2.77. The molecule has 2 aromatic carbocycles. The lowest BCUT2D eigenvalue weighted by Gasteiger charge is -2.18. The molecule has 2 aromatic rings. The highest BCUT2D eigenvalue weighted by Gasteiger charge is 2.22. The highest BCUT2D eigenvalue weighted by Crippen LogP contribution is 2.42. The maximum absolute atomic E-state index is 12.2. The molecule has 2 aliphatic rings. The highest BCUT2D eigenvalue weighted by atomic mass is 32.1. The molecule has 0 saturated carbocycles. The van der Waals surface area contributed by atoms with Gasteiger partial charge in [-0.25, -0.2) is 4.79 Å². The molecular formula is C24H21N3O5S. The van der Waals surface area contributed by atoms with Gasteiger partial charge < -0.3 is 31.0 Å². The lowest BCUT2D eigenvalue weighted by atomic mass is 9.90. The number of aromatic carboxylic acids is 1. The quantitative estimate of drug-likeness (QED) is 0.165. The molecule has 1 aliphatic heterocycles. The Kier molecular flexibility index (Phi) is 6.25. The number of fused-ring (bicyclic) bond motifs is 2. The number of hydrogen-bond donors (Lipinski definition) is 5. The van der Waals surface area contributed by atoms with Crippen molar-refractivity contribution in [3.8, 4) is 28.2 Å². The number of anilines is 1. The topological polar surface area (TPSA) is 138 Å². The summed E-state index contributed by atoms with van der Waals surface area (Å²) in [6.45, 7) is 1.14. The summed E-state index contributed by atoms with van der Waals surface area (Å²) in [5.74, 6) is -0.847. The van der Waals surface area contributed by atoms with Gasteiger partial charge in [0.2, 0.25) is 0 Å². The third kappa shape index (κ3) is 4.64. The standard InChI is InChI=1S/C24H21N3O5S/c25-8-1-9-26-24(33)27-13-2-5-16(19(10-13)23(30)31)22-17-6-3-14(28)11-20(17)32-21-12-15(29)4-7-18(21)22/h2-7,10-12,28H,1,8-9,25H2,(H,30,31)(H2,26,27,33). The Balaban J connectivity index is 1.87. The van der Waals surface area contributed by atoms with Crippen LogP contribution in [0.3, 0.4) is 0 Å². The smallest absolute Gasteiger partial charge is 0.336 e. The van der Waals surface area contributed by atoms with Crippen molar-refractivity contribution in [3.63, 3.8) is 0 Å². The SMILES string of the molecule is NCCCNC(=S)Nc1ccc(-c2c3ccc(=O)cc-3oc3cc(O)ccc23)c(C(=O)O)c1. The number of carboxylic acids is 1. The van der Waals surface area contributed by atoms with E-state index in [1.807, 2.05) is 0 Å². The number of carboxylic acid groups (broad SMARTS) is 1. The summed E-state index contributed by atoms with van der Waals surface area (Å²) < 4.78 is 5.84. The second-order valence-electron chi connectivity index (χ2n) is 7.40. The summed E-state index contributed by atoms with van der Waals surface area (Å²) in [7, 11) is 0. The molecule has 1 heterocycles. The molecule has 0 fully saturated rings. The number of carbonyl (C=O) groups is 1. The monoisotopic (exact) mass is 463 g/mol. The first-order valence-corrected chi connectivity index (χ1v) is 10.6. The minimum atomic E-state index is -1.13. The molecule has 0 atom stereocenters. The van der Waals surface area contributed by atoms with E-state index in [9.17, 15) is 19.8 Å². The second kappa shape index (κ2) is 9.27. The van der Waals surface area contributed by atoms with Gasteiger partial charge in [-0.2, -0.15) is 0 Å². The van der Waals surface area contributed by atoms with Crippen LogP contribution in [0.15, 0.2) is 63.8 Å². The fourth-order valence-electron chi connectivity index (χ4n) is 3.65. The zero-order valence-electron chi connectivity index (χ0n) is 17.4. The molecule has 0 amide bonds. The van der Waals surface area contributed by atoms with Gasteiger partial charge in [-0.15, -0.1) is 0 Å². The van der Waals surface area contributed by atoms with E-state index in [4.69, 9.17) is 22.4 Å². The molecule has 8 nitrogen and oxygen atoms in total. The van der Waals surface area contributed by atoms with E-state index in [-0.39, 0.29) is 16.7 Å². The van der Waals surface area contributed by atoms with Crippen molar-refractivity contribution in [1.82, 2.24) is 5.32 Å². The van der Waals surface area contributed by atoms with Gasteiger partial charge in [-0.3, -0.25) is 4.79 Å². The Bertz CT molecular complexity index is 1400. The molecule has 0 radical (unpaired) electrons. The Morgan fingerprint density at radius 3 is 2.61 bits per heavy atom. The normalized spacial score (nSPS) is 10.9. The van der Waals surface area contributed by atoms with Crippen LogP contribution in [-0.2, 0) is 0 Å². The molecule has 0 unspecified atom stereocenters. The van der Waals surface area contributed by atoms with Crippen LogP contribution in [0, 0.1) is 0 Å². The van der Waals surface area contributed by atoms with E-state index in [1.165, 1.54) is 30.3 Å². The fraction of sp³-hybridized carbons (Fsp3) is 0.125. The van der Waals surface area contributed by atoms with Gasteiger partial charge in [-0.05, 0) is 67.1 Å². The summed E-state index contributed by atoms with van der Waals surface area (Å²) in [6.07, 6.45) is 0.751. The van der Waals surface area contributed by atoms with Gasteiger partial charge in [0.05, 0.1) is 5.56 Å². The van der Waals surface area contributed by atoms with Gasteiger partial charge in [0.25, 0.3) is 0 Å². The first-order chi connectivity index (χ1) is 15.9. The third-order valence-electron chi connectivity index (χ3n) is 5.12. The van der Waals surface area contributed by atoms with Crippen LogP contribution in [-0.4, -0.2) is 34.4 Å². The minimum absolute atomic E-state index is 0.0107. The first kappa shape index (κ1) is 22.3. The van der Waals surface area contributed by atoms with Crippen molar-refractivity contribution in [2.75, 3.05) is 18.4 Å². The molecule has 6 N–H and O–H groups in total. The second-order valence-corrected chi connectivity index (χ2v) is 7.81. The fourth-order valence-corrected chi connectivity index (χ4v) is 3.87. The lowest BCUT2D eigenvalue weighted by molar-refractivity contribution is 0.0697. The Morgan fingerprint density at radius 2 is 1.85 bits per heavy atom. The number of benzene rings is 3. The maximum Gasteiger partial charge on any atom is 0.336 e. The van der Waals surface area contributed by atoms with Crippen molar-refractivity contribution in [2.24, 2.45) is 5.73 Å². The van der Waals surface area contributed by atoms with E-state index in [0.29, 0.717) is 57.3 Å². The first-order valence-electron chi connectivity index (χ1n) is 10.2. The molecule has 0 spiro atoms. The maximum atomic E-state index is 12.2. The molecule has 168 valence electrons. The molecule has 0 aromatic heterocycles. The minimum Gasteiger partial charge on any atom is -0.508 e. The summed E-state index contributed by atoms with van der Waals surface area (Å²) in [6, 6.07) is 13.8. The third-order valence-corrected chi connectivity index (χ3v) is 5.37. The van der Waals surface area contributed by atoms with Crippen molar-refractivity contribution >= 4 is 40.0 Å². The summed E-state index contributed by atoms with van der Waals surface area (Å²) in [5.41, 5.74) is 7.71. The van der Waals surface area contributed by atoms with E-state index in [2.05, 4.69) is 10.6 Å². The van der Waals surface area contributed by atoms with Crippen LogP contribution in [0.2, 0.25) is 0 Å². The predicted molar refractivity (Wildman–Crippen MR) is 131 cm³/mol. The zero-order chi connectivity index (χ0) is 23.5. The van der Waals surface area contributed by atoms with Crippen LogP contribution >= 0.6 is 12.2 Å². The van der Waals surface area contributed by atoms with Gasteiger partial charge in [0.1, 0.15) is 17.1 Å². The molecule has 0 saturated heterocycles. The molecule has 1 aliphatic carbocycles. The van der Waals surface area contributed by atoms with Crippen LogP contribution in [0.5, 0.6) is 5.75 Å². The lowest BCUT2D eigenvalue weighted by Crippen LogP contribution is -2.30. The summed E-state index contributed by atoms with van der Waals surface area (Å²) in [5, 5.41) is 26.9. The number of thiocarbonyl (C=S) groups is 1. The van der Waals surface area contributed by atoms with E-state index >= 15 is 0 Å². The number of nitrogens with one attached hydrogen (secondary N) is 2. The van der Waals surface area contributed by atoms with Crippen molar-refractivity contribution in [3.05, 3.63) is 70.4 Å². The van der Waals surface area contributed by atoms with Crippen LogP contribution in [0.4, 0.5) is 5.69 Å². The van der Waals surface area contributed by atoms with E-state index < -0.39 is 5.97 Å². The van der Waals surface area contributed by atoms with Crippen molar-refractivity contribution in [1.29, 1.82) is 0 Å². The van der Waals surface area contributed by atoms with E-state index in [1.54, 1.807) is 24.3 Å². The largest absolute Gasteiger partial charge is 0.508 e. The number of rotatable bonds is 6. The summed E-state index contributed by atoms with van der Waals surface area (Å²) in [4.78, 5) is 24.1. The number of aromatic hydroxyl groups is 1. The number of phenols is 1. The molecule has 9 heteroatoms. The molecule has 4 rings (SSSR count). The average molecular weight is 464 g/mol. The Hall–Kier alpha value is -3.95. The van der Waals surface area contributed by atoms with Crippen LogP contribution in [0.25, 0.3) is 33.4 Å². The zero-order valence-corrected chi connectivity index (χ0v) is 18.2. The predicted octanol–water partition coefficient (Wildman–Crippen LogP) is 3.60. The van der Waals surface area contributed by atoms with Crippen molar-refractivity contribution in [2.45, 2.75) is 6.42 Å². The Labute approximate surface area is 194 Å². The van der Waals surface area contributed by atoms with Crippen molar-refractivity contribution < 1.29 is 19.4 Å². The van der Waals surface area contributed by atoms with Crippen LogP contribution in [0.1, 0.15) is 16.8 Å². The molecular weight excluding hydrogens is 442 g/mol. The molecule has 33 heavy (non-hydrogen) atoms. The van der Waals surface area contributed by atoms with Gasteiger partial charge in [0.15, 0.2) is 10.5 Å².